The molecular weight excluding hydrogens is 520 g/mol. The van der Waals surface area contributed by atoms with Gasteiger partial charge in [-0.25, -0.2) is 9.59 Å². The minimum atomic E-state index is -0.879. The standard InChI is InChI=1S/C22H14Cl5NO4/c23-15-16(24)18(26)21(19(27)17(15)25)31-14(29)11-28-22(30)32-20(12-7-3-1-4-8-12)13-9-5-2-6-10-13/h1-10,20H,11H2,(H,28,30). The van der Waals surface area contributed by atoms with Crippen LogP contribution in [0.25, 0.3) is 0 Å². The molecule has 0 atom stereocenters. The summed E-state index contributed by atoms with van der Waals surface area (Å²) in [5, 5.41) is 1.66. The highest BCUT2D eigenvalue weighted by Crippen LogP contribution is 2.48. The maximum absolute atomic E-state index is 12.4. The Morgan fingerprint density at radius 2 is 1.16 bits per heavy atom. The minimum Gasteiger partial charge on any atom is -0.436 e. The lowest BCUT2D eigenvalue weighted by molar-refractivity contribution is -0.133. The second-order valence-electron chi connectivity index (χ2n) is 6.33. The third-order valence-corrected chi connectivity index (χ3v) is 6.43. The topological polar surface area (TPSA) is 64.6 Å². The molecule has 1 amide bonds. The summed E-state index contributed by atoms with van der Waals surface area (Å²) in [6, 6.07) is 18.4. The number of rotatable bonds is 6. The molecule has 5 nitrogen and oxygen atoms in total. The maximum Gasteiger partial charge on any atom is 0.408 e. The number of benzene rings is 3. The number of carbonyl (C=O) groups excluding carboxylic acids is 2. The van der Waals surface area contributed by atoms with E-state index in [-0.39, 0.29) is 30.9 Å². The quantitative estimate of drug-likeness (QED) is 0.155. The summed E-state index contributed by atoms with van der Waals surface area (Å²) in [5.41, 5.74) is 1.53. The highest BCUT2D eigenvalue weighted by molar-refractivity contribution is 6.55. The summed E-state index contributed by atoms with van der Waals surface area (Å²) >= 11 is 29.9. The molecule has 0 aliphatic heterocycles. The van der Waals surface area contributed by atoms with Crippen LogP contribution in [0.5, 0.6) is 5.75 Å². The van der Waals surface area contributed by atoms with Gasteiger partial charge in [-0.3, -0.25) is 0 Å². The molecule has 166 valence electrons. The molecular formula is C22H14Cl5NO4. The molecule has 0 saturated carbocycles. The fraction of sp³-hybridized carbons (Fsp3) is 0.0909. The lowest BCUT2D eigenvalue weighted by Gasteiger charge is -2.19. The first-order valence-corrected chi connectivity index (χ1v) is 10.9. The van der Waals surface area contributed by atoms with E-state index in [4.69, 9.17) is 67.5 Å². The zero-order valence-electron chi connectivity index (χ0n) is 16.1. The average Bonchev–Trinajstić information content (AvgIpc) is 2.82. The van der Waals surface area contributed by atoms with Crippen LogP contribution < -0.4 is 10.1 Å². The molecule has 0 fully saturated rings. The predicted molar refractivity (Wildman–Crippen MR) is 126 cm³/mol. The van der Waals surface area contributed by atoms with Crippen LogP contribution in [-0.4, -0.2) is 18.6 Å². The highest BCUT2D eigenvalue weighted by atomic mass is 35.5. The SMILES string of the molecule is O=C(CNC(=O)OC(c1ccccc1)c1ccccc1)Oc1c(Cl)c(Cl)c(Cl)c(Cl)c1Cl. The Bertz CT molecular complexity index is 1060. The van der Waals surface area contributed by atoms with Gasteiger partial charge >= 0.3 is 12.1 Å². The average molecular weight is 534 g/mol. The van der Waals surface area contributed by atoms with Crippen LogP contribution in [0.3, 0.4) is 0 Å². The van der Waals surface area contributed by atoms with Gasteiger partial charge in [0, 0.05) is 0 Å². The first-order chi connectivity index (χ1) is 15.3. The van der Waals surface area contributed by atoms with Crippen molar-refractivity contribution >= 4 is 70.1 Å². The van der Waals surface area contributed by atoms with Crippen molar-refractivity contribution < 1.29 is 19.1 Å². The van der Waals surface area contributed by atoms with Crippen LogP contribution in [0.2, 0.25) is 25.1 Å². The molecule has 32 heavy (non-hydrogen) atoms. The number of hydrogen-bond acceptors (Lipinski definition) is 4. The third-order valence-electron chi connectivity index (χ3n) is 4.19. The van der Waals surface area contributed by atoms with Crippen molar-refractivity contribution in [1.29, 1.82) is 0 Å². The van der Waals surface area contributed by atoms with Crippen LogP contribution in [0.1, 0.15) is 17.2 Å². The van der Waals surface area contributed by atoms with Gasteiger partial charge in [0.05, 0.1) is 15.1 Å². The van der Waals surface area contributed by atoms with E-state index in [1.54, 1.807) is 0 Å². The molecule has 0 bridgehead atoms. The number of carbonyl (C=O) groups is 2. The van der Waals surface area contributed by atoms with Crippen LogP contribution in [0, 0.1) is 0 Å². The van der Waals surface area contributed by atoms with Crippen molar-refractivity contribution in [3.05, 3.63) is 96.9 Å². The van der Waals surface area contributed by atoms with E-state index < -0.39 is 24.7 Å². The first kappa shape index (κ1) is 24.5. The Morgan fingerprint density at radius 1 is 0.719 bits per heavy atom. The molecule has 3 aromatic carbocycles. The summed E-state index contributed by atoms with van der Waals surface area (Å²) in [5.74, 6) is -1.14. The summed E-state index contributed by atoms with van der Waals surface area (Å²) in [6.45, 7) is -0.528. The Morgan fingerprint density at radius 3 is 1.62 bits per heavy atom. The second-order valence-corrected chi connectivity index (χ2v) is 8.22. The molecule has 0 radical (unpaired) electrons. The van der Waals surface area contributed by atoms with Gasteiger partial charge in [-0.1, -0.05) is 119 Å². The number of amides is 1. The van der Waals surface area contributed by atoms with Crippen LogP contribution in [0.4, 0.5) is 4.79 Å². The molecule has 0 unspecified atom stereocenters. The summed E-state index contributed by atoms with van der Waals surface area (Å²) < 4.78 is 10.7. The Kier molecular flexibility index (Phi) is 8.51. The van der Waals surface area contributed by atoms with E-state index in [1.165, 1.54) is 0 Å². The first-order valence-electron chi connectivity index (χ1n) is 9.06. The Labute approximate surface area is 209 Å². The fourth-order valence-electron chi connectivity index (χ4n) is 2.70. The highest BCUT2D eigenvalue weighted by Gasteiger charge is 2.24. The molecule has 1 N–H and O–H groups in total. The lowest BCUT2D eigenvalue weighted by atomic mass is 10.0. The summed E-state index contributed by atoms with van der Waals surface area (Å²) in [6.07, 6.45) is -1.50. The second kappa shape index (κ2) is 11.1. The zero-order valence-corrected chi connectivity index (χ0v) is 19.9. The van der Waals surface area contributed by atoms with E-state index in [0.717, 1.165) is 11.1 Å². The van der Waals surface area contributed by atoms with Crippen molar-refractivity contribution in [3.8, 4) is 5.75 Å². The largest absolute Gasteiger partial charge is 0.436 e. The van der Waals surface area contributed by atoms with Gasteiger partial charge in [0.2, 0.25) is 0 Å². The number of hydrogen-bond donors (Lipinski definition) is 1. The van der Waals surface area contributed by atoms with E-state index >= 15 is 0 Å². The number of ether oxygens (including phenoxy) is 2. The van der Waals surface area contributed by atoms with E-state index in [2.05, 4.69) is 5.32 Å². The van der Waals surface area contributed by atoms with Crippen molar-refractivity contribution in [1.82, 2.24) is 5.32 Å². The van der Waals surface area contributed by atoms with Gasteiger partial charge in [0.15, 0.2) is 11.9 Å². The fourth-order valence-corrected chi connectivity index (χ4v) is 3.90. The molecule has 0 aromatic heterocycles. The summed E-state index contributed by atoms with van der Waals surface area (Å²) in [7, 11) is 0. The molecule has 10 heteroatoms. The van der Waals surface area contributed by atoms with Crippen LogP contribution >= 0.6 is 58.0 Å². The zero-order chi connectivity index (χ0) is 23.3. The predicted octanol–water partition coefficient (Wildman–Crippen LogP) is 7.37. The lowest BCUT2D eigenvalue weighted by Crippen LogP contribution is -2.33. The number of alkyl carbamates (subject to hydrolysis) is 1. The van der Waals surface area contributed by atoms with E-state index in [9.17, 15) is 9.59 Å². The van der Waals surface area contributed by atoms with Gasteiger partial charge in [-0.15, -0.1) is 0 Å². The minimum absolute atomic E-state index is 0.0716. The van der Waals surface area contributed by atoms with Crippen LogP contribution in [0.15, 0.2) is 60.7 Å². The molecule has 0 saturated heterocycles. The molecule has 0 aliphatic carbocycles. The number of halogens is 5. The van der Waals surface area contributed by atoms with Crippen LogP contribution in [-0.2, 0) is 9.53 Å². The van der Waals surface area contributed by atoms with Gasteiger partial charge < -0.3 is 14.8 Å². The Balaban J connectivity index is 1.67. The maximum atomic E-state index is 12.4. The number of esters is 1. The molecule has 3 rings (SSSR count). The van der Waals surface area contributed by atoms with Crippen molar-refractivity contribution in [2.75, 3.05) is 6.54 Å². The smallest absolute Gasteiger partial charge is 0.408 e. The summed E-state index contributed by atoms with van der Waals surface area (Å²) in [4.78, 5) is 24.6. The normalized spacial score (nSPS) is 10.7. The van der Waals surface area contributed by atoms with Gasteiger partial charge in [-0.05, 0) is 11.1 Å². The molecule has 0 heterocycles. The van der Waals surface area contributed by atoms with Gasteiger partial charge in [-0.2, -0.15) is 0 Å². The van der Waals surface area contributed by atoms with Crippen molar-refractivity contribution in [2.24, 2.45) is 0 Å². The molecule has 3 aromatic rings. The van der Waals surface area contributed by atoms with Gasteiger partial charge in [0.25, 0.3) is 0 Å². The van der Waals surface area contributed by atoms with Gasteiger partial charge in [0.1, 0.15) is 16.6 Å². The Hall–Kier alpha value is -2.15. The monoisotopic (exact) mass is 531 g/mol. The number of nitrogens with one attached hydrogen (secondary N) is 1. The molecule has 0 aliphatic rings. The van der Waals surface area contributed by atoms with Crippen molar-refractivity contribution in [2.45, 2.75) is 6.10 Å². The van der Waals surface area contributed by atoms with E-state index in [1.807, 2.05) is 60.7 Å². The third kappa shape index (κ3) is 5.80. The van der Waals surface area contributed by atoms with Crippen molar-refractivity contribution in [3.63, 3.8) is 0 Å². The molecule has 0 spiro atoms. The van der Waals surface area contributed by atoms with E-state index in [0.29, 0.717) is 0 Å².